The smallest absolute Gasteiger partial charge is 0.0726 e. The van der Waals surface area contributed by atoms with E-state index in [9.17, 15) is 0 Å². The second-order valence-corrected chi connectivity index (χ2v) is 4.14. The van der Waals surface area contributed by atoms with E-state index >= 15 is 0 Å². The first kappa shape index (κ1) is 12.9. The first-order valence-electron chi connectivity index (χ1n) is 5.98. The van der Waals surface area contributed by atoms with Crippen LogP contribution >= 0.6 is 0 Å². The summed E-state index contributed by atoms with van der Waals surface area (Å²) >= 11 is 0. The summed E-state index contributed by atoms with van der Waals surface area (Å²) in [4.78, 5) is 2.37. The van der Waals surface area contributed by atoms with E-state index in [1.807, 2.05) is 20.9 Å². The number of nitrogens with one attached hydrogen (secondary N) is 1. The van der Waals surface area contributed by atoms with Gasteiger partial charge in [0.15, 0.2) is 0 Å². The van der Waals surface area contributed by atoms with Gasteiger partial charge in [-0.2, -0.15) is 0 Å². The molecular weight excluding hydrogens is 190 g/mol. The van der Waals surface area contributed by atoms with Crippen LogP contribution in [-0.4, -0.2) is 62.4 Å². The van der Waals surface area contributed by atoms with Gasteiger partial charge in [-0.25, -0.2) is 5.01 Å². The number of likely N-dealkylation sites (tertiary alicyclic amines) is 1. The van der Waals surface area contributed by atoms with E-state index in [0.29, 0.717) is 0 Å². The molecule has 1 N–H and O–H groups in total. The van der Waals surface area contributed by atoms with Crippen molar-refractivity contribution in [3.63, 3.8) is 0 Å². The molecule has 0 aromatic rings. The summed E-state index contributed by atoms with van der Waals surface area (Å²) in [5.74, 6) is 0. The highest BCUT2D eigenvalue weighted by molar-refractivity contribution is 4.98. The summed E-state index contributed by atoms with van der Waals surface area (Å²) in [6.45, 7) is 9.03. The second-order valence-electron chi connectivity index (χ2n) is 4.14. The minimum atomic E-state index is 0.238. The van der Waals surface area contributed by atoms with Crippen LogP contribution in [0.4, 0.5) is 0 Å². The Labute approximate surface area is 93.5 Å². The highest BCUT2D eigenvalue weighted by atomic mass is 16.5. The summed E-state index contributed by atoms with van der Waals surface area (Å²) in [5.41, 5.74) is 3.52. The van der Waals surface area contributed by atoms with Crippen LogP contribution in [0.25, 0.3) is 0 Å². The highest BCUT2D eigenvalue weighted by Gasteiger charge is 2.43. The predicted octanol–water partition coefficient (Wildman–Crippen LogP) is 0.554. The predicted molar refractivity (Wildman–Crippen MR) is 62.8 cm³/mol. The molecule has 2 rings (SSSR count). The molecule has 90 valence electrons. The van der Waals surface area contributed by atoms with Crippen molar-refractivity contribution in [1.82, 2.24) is 15.3 Å². The molecule has 4 nitrogen and oxygen atoms in total. The summed E-state index contributed by atoms with van der Waals surface area (Å²) in [7, 11) is 4.18. The van der Waals surface area contributed by atoms with Crippen LogP contribution in [0.5, 0.6) is 0 Å². The number of ether oxygens (including phenoxy) is 1. The standard InChI is InChI=1S/C9H19N3O.C2H6/c1-10-12-5-6-13-8-9(12)3-4-11(2)7-9;1-2/h10H,3-8H2,1-2H3;1-2H3. The summed E-state index contributed by atoms with van der Waals surface area (Å²) in [5, 5.41) is 2.35. The van der Waals surface area contributed by atoms with Gasteiger partial charge in [0.1, 0.15) is 0 Å². The first-order valence-corrected chi connectivity index (χ1v) is 5.98. The van der Waals surface area contributed by atoms with Crippen molar-refractivity contribution < 1.29 is 4.74 Å². The Balaban J connectivity index is 0.000000531. The lowest BCUT2D eigenvalue weighted by Gasteiger charge is -2.43. The van der Waals surface area contributed by atoms with Gasteiger partial charge in [0, 0.05) is 13.1 Å². The Morgan fingerprint density at radius 2 is 2.00 bits per heavy atom. The Hall–Kier alpha value is -0.160. The molecule has 0 aliphatic carbocycles. The Morgan fingerprint density at radius 3 is 2.53 bits per heavy atom. The van der Waals surface area contributed by atoms with Crippen molar-refractivity contribution in [3.8, 4) is 0 Å². The van der Waals surface area contributed by atoms with Gasteiger partial charge in [0.05, 0.1) is 18.8 Å². The van der Waals surface area contributed by atoms with Crippen LogP contribution in [0.2, 0.25) is 0 Å². The minimum Gasteiger partial charge on any atom is -0.378 e. The quantitative estimate of drug-likeness (QED) is 0.691. The highest BCUT2D eigenvalue weighted by Crippen LogP contribution is 2.28. The third kappa shape index (κ3) is 2.69. The maximum Gasteiger partial charge on any atom is 0.0726 e. The number of likely N-dealkylation sites (N-methyl/N-ethyl adjacent to an activating group) is 1. The van der Waals surface area contributed by atoms with Crippen molar-refractivity contribution in [3.05, 3.63) is 0 Å². The van der Waals surface area contributed by atoms with Crippen molar-refractivity contribution in [2.75, 3.05) is 46.9 Å². The van der Waals surface area contributed by atoms with Crippen LogP contribution in [0.15, 0.2) is 0 Å². The zero-order chi connectivity index (χ0) is 11.3. The lowest BCUT2D eigenvalue weighted by molar-refractivity contribution is -0.0846. The normalized spacial score (nSPS) is 32.8. The maximum absolute atomic E-state index is 5.58. The van der Waals surface area contributed by atoms with Crippen molar-refractivity contribution in [2.24, 2.45) is 0 Å². The average molecular weight is 215 g/mol. The van der Waals surface area contributed by atoms with Gasteiger partial charge in [0.25, 0.3) is 0 Å². The van der Waals surface area contributed by atoms with Crippen molar-refractivity contribution in [2.45, 2.75) is 25.8 Å². The fourth-order valence-corrected chi connectivity index (χ4v) is 2.48. The summed E-state index contributed by atoms with van der Waals surface area (Å²) in [6.07, 6.45) is 1.21. The zero-order valence-corrected chi connectivity index (χ0v) is 10.5. The fourth-order valence-electron chi connectivity index (χ4n) is 2.48. The Bertz CT molecular complexity index is 185. The molecule has 0 amide bonds. The monoisotopic (exact) mass is 215 g/mol. The first-order chi connectivity index (χ1) is 7.27. The molecule has 0 bridgehead atoms. The summed E-state index contributed by atoms with van der Waals surface area (Å²) in [6, 6.07) is 0. The molecule has 2 heterocycles. The third-order valence-corrected chi connectivity index (χ3v) is 3.20. The fraction of sp³-hybridized carbons (Fsp3) is 1.00. The average Bonchev–Trinajstić information content (AvgIpc) is 2.64. The van der Waals surface area contributed by atoms with E-state index in [1.165, 1.54) is 13.0 Å². The van der Waals surface area contributed by atoms with E-state index in [1.54, 1.807) is 0 Å². The molecule has 2 aliphatic rings. The van der Waals surface area contributed by atoms with E-state index in [0.717, 1.165) is 26.3 Å². The molecule has 15 heavy (non-hydrogen) atoms. The molecule has 1 spiro atoms. The number of morpholine rings is 1. The van der Waals surface area contributed by atoms with Crippen molar-refractivity contribution >= 4 is 0 Å². The minimum absolute atomic E-state index is 0.238. The van der Waals surface area contributed by atoms with Gasteiger partial charge < -0.3 is 9.64 Å². The molecule has 4 heteroatoms. The SMILES string of the molecule is CC.CNN1CCOCC12CCN(C)C2. The van der Waals surface area contributed by atoms with Crippen LogP contribution in [0.3, 0.4) is 0 Å². The molecule has 0 aromatic carbocycles. The molecule has 0 saturated carbocycles. The van der Waals surface area contributed by atoms with Crippen LogP contribution in [-0.2, 0) is 4.74 Å². The van der Waals surface area contributed by atoms with Crippen molar-refractivity contribution in [1.29, 1.82) is 0 Å². The Morgan fingerprint density at radius 1 is 1.27 bits per heavy atom. The Kier molecular flexibility index (Phi) is 4.99. The molecule has 2 aliphatic heterocycles. The van der Waals surface area contributed by atoms with Gasteiger partial charge in [-0.15, -0.1) is 0 Å². The van der Waals surface area contributed by atoms with E-state index in [4.69, 9.17) is 4.74 Å². The largest absolute Gasteiger partial charge is 0.378 e. The van der Waals surface area contributed by atoms with Gasteiger partial charge in [-0.3, -0.25) is 5.43 Å². The summed E-state index contributed by atoms with van der Waals surface area (Å²) < 4.78 is 5.58. The molecule has 2 fully saturated rings. The molecule has 0 radical (unpaired) electrons. The molecule has 1 unspecified atom stereocenters. The van der Waals surface area contributed by atoms with Gasteiger partial charge in [0.2, 0.25) is 0 Å². The van der Waals surface area contributed by atoms with Gasteiger partial charge in [-0.1, -0.05) is 13.8 Å². The van der Waals surface area contributed by atoms with Gasteiger partial charge in [-0.05, 0) is 27.1 Å². The molecule has 0 aromatic heterocycles. The third-order valence-electron chi connectivity index (χ3n) is 3.20. The van der Waals surface area contributed by atoms with E-state index in [2.05, 4.69) is 22.4 Å². The molecular formula is C11H25N3O. The number of hydrogen-bond donors (Lipinski definition) is 1. The molecule has 1 atom stereocenters. The topological polar surface area (TPSA) is 27.7 Å². The number of hydrazine groups is 1. The maximum atomic E-state index is 5.58. The number of rotatable bonds is 1. The lowest BCUT2D eigenvalue weighted by Crippen LogP contribution is -2.62. The number of nitrogens with zero attached hydrogens (tertiary/aromatic N) is 2. The molecule has 2 saturated heterocycles. The zero-order valence-electron chi connectivity index (χ0n) is 10.5. The van der Waals surface area contributed by atoms with E-state index in [-0.39, 0.29) is 5.54 Å². The van der Waals surface area contributed by atoms with Gasteiger partial charge >= 0.3 is 0 Å². The number of hydrogen-bond acceptors (Lipinski definition) is 4. The van der Waals surface area contributed by atoms with E-state index < -0.39 is 0 Å². The van der Waals surface area contributed by atoms with Crippen LogP contribution in [0, 0.1) is 0 Å². The van der Waals surface area contributed by atoms with Crippen LogP contribution in [0.1, 0.15) is 20.3 Å². The second kappa shape index (κ2) is 5.80. The van der Waals surface area contributed by atoms with Crippen LogP contribution < -0.4 is 5.43 Å². The lowest BCUT2D eigenvalue weighted by atomic mass is 9.98.